The minimum atomic E-state index is 1.10. The minimum Gasteiger partial charge on any atom is -0.354 e. The van der Waals surface area contributed by atoms with E-state index in [0.29, 0.717) is 0 Å². The summed E-state index contributed by atoms with van der Waals surface area (Å²) in [6.07, 6.45) is 4.82. The molecule has 5 aromatic rings. The summed E-state index contributed by atoms with van der Waals surface area (Å²) in [5, 5.41) is 5.26. The third kappa shape index (κ3) is 2.23. The Kier molecular flexibility index (Phi) is 3.79. The van der Waals surface area contributed by atoms with Gasteiger partial charge in [-0.25, -0.2) is 0 Å². The first kappa shape index (κ1) is 16.0. The van der Waals surface area contributed by atoms with Gasteiger partial charge in [0.05, 0.1) is 15.5 Å². The van der Waals surface area contributed by atoms with Crippen molar-refractivity contribution in [1.29, 1.82) is 0 Å². The van der Waals surface area contributed by atoms with Crippen LogP contribution in [0.15, 0.2) is 53.0 Å². The molecule has 0 unspecified atom stereocenters. The average Bonchev–Trinajstić information content (AvgIpc) is 3.24. The molecule has 0 atom stereocenters. The van der Waals surface area contributed by atoms with E-state index in [4.69, 9.17) is 0 Å². The number of unbranched alkanes of at least 4 members (excludes halogenated alkanes) is 2. The van der Waals surface area contributed by atoms with Gasteiger partial charge in [-0.1, -0.05) is 56.2 Å². The van der Waals surface area contributed by atoms with Crippen LogP contribution in [0.3, 0.4) is 0 Å². The van der Waals surface area contributed by atoms with Crippen LogP contribution in [-0.4, -0.2) is 9.97 Å². The molecule has 0 saturated heterocycles. The van der Waals surface area contributed by atoms with Crippen LogP contribution in [0.4, 0.5) is 0 Å². The Bertz CT molecular complexity index is 1250. The van der Waals surface area contributed by atoms with Gasteiger partial charge in [0, 0.05) is 32.6 Å². The van der Waals surface area contributed by atoms with Crippen LogP contribution in [0.25, 0.3) is 43.6 Å². The topological polar surface area (TPSA) is 31.6 Å². The highest BCUT2D eigenvalue weighted by molar-refractivity contribution is 9.10. The van der Waals surface area contributed by atoms with Crippen molar-refractivity contribution in [3.63, 3.8) is 0 Å². The van der Waals surface area contributed by atoms with E-state index in [1.54, 1.807) is 0 Å². The van der Waals surface area contributed by atoms with E-state index in [9.17, 15) is 0 Å². The molecule has 3 aromatic carbocycles. The summed E-state index contributed by atoms with van der Waals surface area (Å²) in [5.41, 5.74) is 6.36. The third-order valence-corrected chi connectivity index (χ3v) is 6.28. The molecule has 2 heterocycles. The fourth-order valence-electron chi connectivity index (χ4n) is 4.27. The number of aromatic amines is 2. The maximum atomic E-state index is 3.93. The molecule has 130 valence electrons. The number of H-pyrrole nitrogens is 2. The maximum absolute atomic E-state index is 3.93. The molecular formula is C23H21BrN2. The van der Waals surface area contributed by atoms with Gasteiger partial charge in [0.15, 0.2) is 0 Å². The highest BCUT2D eigenvalue weighted by Crippen LogP contribution is 2.43. The van der Waals surface area contributed by atoms with Crippen molar-refractivity contribution in [3.8, 4) is 0 Å². The van der Waals surface area contributed by atoms with E-state index in [0.717, 1.165) is 10.9 Å². The number of fused-ring (bicyclic) bond motifs is 6. The second kappa shape index (κ2) is 6.17. The van der Waals surface area contributed by atoms with Gasteiger partial charge in [-0.2, -0.15) is 0 Å². The highest BCUT2D eigenvalue weighted by atomic mass is 79.9. The molecule has 2 nitrogen and oxygen atoms in total. The number of aryl methyl sites for hydroxylation is 1. The summed E-state index contributed by atoms with van der Waals surface area (Å²) in [4.78, 5) is 7.38. The number of rotatable bonds is 4. The lowest BCUT2D eigenvalue weighted by Gasteiger charge is -2.09. The monoisotopic (exact) mass is 404 g/mol. The smallest absolute Gasteiger partial charge is 0.0620 e. The predicted molar refractivity (Wildman–Crippen MR) is 116 cm³/mol. The molecule has 2 N–H and O–H groups in total. The standard InChI is InChI=1S/C23H21BrN2/c1-2-3-4-11-16-19-14-9-5-7-12-17(14)26-23(19)21(24)20-15-10-6-8-13-18(15)25-22(16)20/h5-10,12-13,25-26H,2-4,11H2,1H3. The van der Waals surface area contributed by atoms with E-state index < -0.39 is 0 Å². The first-order chi connectivity index (χ1) is 12.8. The summed E-state index contributed by atoms with van der Waals surface area (Å²) in [6.45, 7) is 2.27. The van der Waals surface area contributed by atoms with Gasteiger partial charge in [-0.15, -0.1) is 0 Å². The molecule has 0 fully saturated rings. The summed E-state index contributed by atoms with van der Waals surface area (Å²) in [5.74, 6) is 0. The highest BCUT2D eigenvalue weighted by Gasteiger charge is 2.19. The van der Waals surface area contributed by atoms with Crippen LogP contribution < -0.4 is 0 Å². The molecule has 5 rings (SSSR count). The lowest BCUT2D eigenvalue weighted by molar-refractivity contribution is 0.721. The van der Waals surface area contributed by atoms with Crippen LogP contribution in [0, 0.1) is 0 Å². The molecule has 26 heavy (non-hydrogen) atoms. The van der Waals surface area contributed by atoms with Gasteiger partial charge in [0.25, 0.3) is 0 Å². The fraction of sp³-hybridized carbons (Fsp3) is 0.217. The van der Waals surface area contributed by atoms with Crippen molar-refractivity contribution in [3.05, 3.63) is 58.6 Å². The second-order valence-corrected chi connectivity index (χ2v) is 7.88. The van der Waals surface area contributed by atoms with Crippen molar-refractivity contribution in [2.75, 3.05) is 0 Å². The zero-order valence-corrected chi connectivity index (χ0v) is 16.4. The largest absolute Gasteiger partial charge is 0.354 e. The van der Waals surface area contributed by atoms with Gasteiger partial charge >= 0.3 is 0 Å². The van der Waals surface area contributed by atoms with Crippen LogP contribution in [0.5, 0.6) is 0 Å². The maximum Gasteiger partial charge on any atom is 0.0620 e. The lowest BCUT2D eigenvalue weighted by Crippen LogP contribution is -1.91. The summed E-state index contributed by atoms with van der Waals surface area (Å²) in [7, 11) is 0. The second-order valence-electron chi connectivity index (χ2n) is 7.09. The number of hydrogen-bond donors (Lipinski definition) is 2. The molecule has 0 amide bonds. The molecule has 0 saturated carbocycles. The summed E-state index contributed by atoms with van der Waals surface area (Å²) < 4.78 is 1.16. The van der Waals surface area contributed by atoms with E-state index >= 15 is 0 Å². The summed E-state index contributed by atoms with van der Waals surface area (Å²) >= 11 is 3.93. The molecule has 3 heteroatoms. The van der Waals surface area contributed by atoms with Gasteiger partial charge in [0.2, 0.25) is 0 Å². The van der Waals surface area contributed by atoms with Gasteiger partial charge in [0.1, 0.15) is 0 Å². The molecule has 0 spiro atoms. The Balaban J connectivity index is 1.96. The Morgan fingerprint density at radius 1 is 0.769 bits per heavy atom. The predicted octanol–water partition coefficient (Wildman–Crippen LogP) is 7.45. The van der Waals surface area contributed by atoms with Gasteiger partial charge in [-0.3, -0.25) is 0 Å². The molecule has 0 bridgehead atoms. The van der Waals surface area contributed by atoms with E-state index in [1.807, 2.05) is 0 Å². The van der Waals surface area contributed by atoms with Gasteiger partial charge in [-0.05, 0) is 46.5 Å². The van der Waals surface area contributed by atoms with Crippen LogP contribution in [0.1, 0.15) is 31.7 Å². The first-order valence-corrected chi connectivity index (χ1v) is 10.2. The van der Waals surface area contributed by atoms with Crippen LogP contribution >= 0.6 is 15.9 Å². The number of benzene rings is 3. The normalized spacial score (nSPS) is 12.1. The van der Waals surface area contributed by atoms with E-state index in [1.165, 1.54) is 68.4 Å². The van der Waals surface area contributed by atoms with Gasteiger partial charge < -0.3 is 9.97 Å². The lowest BCUT2D eigenvalue weighted by atomic mass is 9.97. The van der Waals surface area contributed by atoms with E-state index in [-0.39, 0.29) is 0 Å². The van der Waals surface area contributed by atoms with Crippen molar-refractivity contribution < 1.29 is 0 Å². The van der Waals surface area contributed by atoms with E-state index in [2.05, 4.69) is 81.4 Å². The van der Waals surface area contributed by atoms with Crippen LogP contribution in [0.2, 0.25) is 0 Å². The molecule has 0 aliphatic rings. The molecule has 0 aliphatic heterocycles. The van der Waals surface area contributed by atoms with Crippen molar-refractivity contribution in [2.24, 2.45) is 0 Å². The number of para-hydroxylation sites is 2. The Hall–Kier alpha value is -2.26. The zero-order valence-electron chi connectivity index (χ0n) is 14.8. The fourth-order valence-corrected chi connectivity index (χ4v) is 4.98. The average molecular weight is 405 g/mol. The van der Waals surface area contributed by atoms with Crippen molar-refractivity contribution in [2.45, 2.75) is 32.6 Å². The minimum absolute atomic E-state index is 1.10. The summed E-state index contributed by atoms with van der Waals surface area (Å²) in [6, 6.07) is 17.2. The Morgan fingerprint density at radius 3 is 2.08 bits per heavy atom. The third-order valence-electron chi connectivity index (χ3n) is 5.49. The number of halogens is 1. The molecule has 0 radical (unpaired) electrons. The quantitative estimate of drug-likeness (QED) is 0.291. The zero-order chi connectivity index (χ0) is 17.7. The van der Waals surface area contributed by atoms with Crippen molar-refractivity contribution in [1.82, 2.24) is 9.97 Å². The number of nitrogens with one attached hydrogen (secondary N) is 2. The molecule has 0 aliphatic carbocycles. The number of hydrogen-bond acceptors (Lipinski definition) is 0. The number of aromatic nitrogens is 2. The Morgan fingerprint density at radius 2 is 1.38 bits per heavy atom. The SMILES string of the molecule is CCCCCc1c2[nH]c3ccccc3c2c(Br)c2[nH]c3ccccc3c12. The van der Waals surface area contributed by atoms with Crippen LogP contribution in [-0.2, 0) is 6.42 Å². The first-order valence-electron chi connectivity index (χ1n) is 9.40. The van der Waals surface area contributed by atoms with Crippen molar-refractivity contribution >= 4 is 59.5 Å². The molecular weight excluding hydrogens is 384 g/mol. The molecule has 2 aromatic heterocycles. The Labute approximate surface area is 160 Å².